The number of rotatable bonds is 4. The maximum absolute atomic E-state index is 13.3. The number of nitrogens with one attached hydrogen (secondary N) is 1. The minimum atomic E-state index is -4.49. The lowest BCUT2D eigenvalue weighted by atomic mass is 9.96. The van der Waals surface area contributed by atoms with Crippen molar-refractivity contribution in [3.05, 3.63) is 29.8 Å². The third-order valence-corrected chi connectivity index (χ3v) is 4.18. The van der Waals surface area contributed by atoms with Gasteiger partial charge in [0.05, 0.1) is 13.5 Å². The molecule has 1 aromatic rings. The van der Waals surface area contributed by atoms with E-state index in [1.807, 2.05) is 0 Å². The molecule has 25 heavy (non-hydrogen) atoms. The number of amides is 2. The predicted molar refractivity (Wildman–Crippen MR) is 85.1 cm³/mol. The van der Waals surface area contributed by atoms with Crippen LogP contribution in [0.15, 0.2) is 24.3 Å². The highest BCUT2D eigenvalue weighted by atomic mass is 19.4. The third kappa shape index (κ3) is 5.11. The van der Waals surface area contributed by atoms with Crippen LogP contribution in [-0.4, -0.2) is 48.6 Å². The number of carbonyl (C=O) groups excluding carboxylic acids is 2. The van der Waals surface area contributed by atoms with Crippen molar-refractivity contribution in [1.29, 1.82) is 0 Å². The Morgan fingerprint density at radius 3 is 2.64 bits per heavy atom. The topological polar surface area (TPSA) is 58.6 Å². The molecule has 0 saturated carbocycles. The van der Waals surface area contributed by atoms with E-state index in [1.165, 1.54) is 14.0 Å². The van der Waals surface area contributed by atoms with Crippen molar-refractivity contribution < 1.29 is 27.5 Å². The zero-order valence-electron chi connectivity index (χ0n) is 14.1. The number of likely N-dealkylation sites (tertiary alicyclic amines) is 1. The number of halogens is 3. The van der Waals surface area contributed by atoms with Gasteiger partial charge < -0.3 is 15.0 Å². The van der Waals surface area contributed by atoms with Gasteiger partial charge in [-0.3, -0.25) is 9.59 Å². The second kappa shape index (κ2) is 7.76. The first-order valence-corrected chi connectivity index (χ1v) is 7.97. The number of ether oxygens (including phenoxy) is 1. The van der Waals surface area contributed by atoms with Gasteiger partial charge in [-0.15, -0.1) is 0 Å². The van der Waals surface area contributed by atoms with E-state index in [-0.39, 0.29) is 31.7 Å². The number of nitrogens with zero attached hydrogens (tertiary/aromatic N) is 1. The molecule has 138 valence electrons. The Balaban J connectivity index is 2.16. The number of alkyl halides is 3. The Bertz CT molecular complexity index is 634. The largest absolute Gasteiger partial charge is 0.497 e. The summed E-state index contributed by atoms with van der Waals surface area (Å²) < 4.78 is 45.0. The highest BCUT2D eigenvalue weighted by Crippen LogP contribution is 2.32. The van der Waals surface area contributed by atoms with Crippen LogP contribution in [0, 0.1) is 0 Å². The smallest absolute Gasteiger partial charge is 0.408 e. The number of hydrogen-bond acceptors (Lipinski definition) is 3. The summed E-state index contributed by atoms with van der Waals surface area (Å²) in [5.74, 6) is -0.409. The van der Waals surface area contributed by atoms with Gasteiger partial charge in [-0.05, 0) is 30.5 Å². The molecule has 0 aliphatic carbocycles. The number of benzene rings is 1. The van der Waals surface area contributed by atoms with Crippen molar-refractivity contribution in [3.8, 4) is 5.75 Å². The molecule has 8 heteroatoms. The van der Waals surface area contributed by atoms with Crippen LogP contribution in [-0.2, 0) is 16.0 Å². The van der Waals surface area contributed by atoms with Crippen LogP contribution >= 0.6 is 0 Å². The van der Waals surface area contributed by atoms with Gasteiger partial charge in [0.1, 0.15) is 11.8 Å². The first kappa shape index (κ1) is 19.1. The molecule has 0 aromatic heterocycles. The van der Waals surface area contributed by atoms with E-state index in [0.717, 1.165) is 4.90 Å². The lowest BCUT2D eigenvalue weighted by Gasteiger charge is -2.40. The fourth-order valence-corrected chi connectivity index (χ4v) is 3.05. The van der Waals surface area contributed by atoms with E-state index in [9.17, 15) is 22.8 Å². The number of carbonyl (C=O) groups is 2. The zero-order valence-corrected chi connectivity index (χ0v) is 14.1. The molecule has 5 nitrogen and oxygen atoms in total. The molecule has 1 aliphatic rings. The highest BCUT2D eigenvalue weighted by Gasteiger charge is 2.47. The third-order valence-electron chi connectivity index (χ3n) is 4.18. The van der Waals surface area contributed by atoms with Crippen LogP contribution in [0.3, 0.4) is 0 Å². The molecule has 1 heterocycles. The summed E-state index contributed by atoms with van der Waals surface area (Å²) in [6.45, 7) is 1.16. The van der Waals surface area contributed by atoms with Gasteiger partial charge in [-0.2, -0.15) is 13.2 Å². The summed E-state index contributed by atoms with van der Waals surface area (Å²) in [5, 5.41) is 2.60. The summed E-state index contributed by atoms with van der Waals surface area (Å²) in [6.07, 6.45) is -4.69. The standard InChI is InChI=1S/C17H21F3N2O3/c1-11(23)21-13-6-7-15(17(18,19)20)22(10-13)16(24)9-12-4-3-5-14(8-12)25-2/h3-5,8,13,15H,6-7,9-10H2,1-2H3,(H,21,23). The monoisotopic (exact) mass is 358 g/mol. The van der Waals surface area contributed by atoms with Gasteiger partial charge in [-0.25, -0.2) is 0 Å². The molecule has 2 amide bonds. The van der Waals surface area contributed by atoms with Crippen molar-refractivity contribution in [2.75, 3.05) is 13.7 Å². The van der Waals surface area contributed by atoms with Crippen LogP contribution < -0.4 is 10.1 Å². The maximum Gasteiger partial charge on any atom is 0.408 e. The number of methoxy groups -OCH3 is 1. The van der Waals surface area contributed by atoms with Gasteiger partial charge in [0.2, 0.25) is 11.8 Å². The van der Waals surface area contributed by atoms with Crippen LogP contribution in [0.2, 0.25) is 0 Å². The summed E-state index contributed by atoms with van der Waals surface area (Å²) >= 11 is 0. The molecule has 0 bridgehead atoms. The second-order valence-corrected chi connectivity index (χ2v) is 6.11. The van der Waals surface area contributed by atoms with Crippen molar-refractivity contribution in [3.63, 3.8) is 0 Å². The molecule has 1 saturated heterocycles. The normalized spacial score (nSPS) is 20.9. The molecule has 0 spiro atoms. The summed E-state index contributed by atoms with van der Waals surface area (Å²) in [4.78, 5) is 24.5. The molecule has 1 aliphatic heterocycles. The Morgan fingerprint density at radius 2 is 2.04 bits per heavy atom. The molecule has 2 unspecified atom stereocenters. The van der Waals surface area contributed by atoms with Crippen LogP contribution in [0.4, 0.5) is 13.2 Å². The van der Waals surface area contributed by atoms with Crippen LogP contribution in [0.1, 0.15) is 25.3 Å². The molecular formula is C17H21F3N2O3. The SMILES string of the molecule is COc1cccc(CC(=O)N2CC(NC(C)=O)CCC2C(F)(F)F)c1. The minimum Gasteiger partial charge on any atom is -0.497 e. The summed E-state index contributed by atoms with van der Waals surface area (Å²) in [6, 6.07) is 4.37. The van der Waals surface area contributed by atoms with Gasteiger partial charge in [0, 0.05) is 19.5 Å². The first-order valence-electron chi connectivity index (χ1n) is 7.97. The van der Waals surface area contributed by atoms with Crippen molar-refractivity contribution in [2.45, 2.75) is 44.4 Å². The van der Waals surface area contributed by atoms with Crippen molar-refractivity contribution in [2.24, 2.45) is 0 Å². The van der Waals surface area contributed by atoms with Gasteiger partial charge in [0.15, 0.2) is 0 Å². The molecule has 1 fully saturated rings. The minimum absolute atomic E-state index is 0.146. The molecule has 1 N–H and O–H groups in total. The Kier molecular flexibility index (Phi) is 5.92. The van der Waals surface area contributed by atoms with E-state index in [1.54, 1.807) is 24.3 Å². The lowest BCUT2D eigenvalue weighted by Crippen LogP contribution is -2.58. The van der Waals surface area contributed by atoms with Crippen LogP contribution in [0.25, 0.3) is 0 Å². The quantitative estimate of drug-likeness (QED) is 0.899. The lowest BCUT2D eigenvalue weighted by molar-refractivity contribution is -0.197. The van der Waals surface area contributed by atoms with E-state index < -0.39 is 24.2 Å². The van der Waals surface area contributed by atoms with E-state index >= 15 is 0 Å². The highest BCUT2D eigenvalue weighted by molar-refractivity contribution is 5.80. The van der Waals surface area contributed by atoms with Crippen LogP contribution in [0.5, 0.6) is 5.75 Å². The summed E-state index contributed by atoms with van der Waals surface area (Å²) in [7, 11) is 1.48. The average Bonchev–Trinajstić information content (AvgIpc) is 2.53. The second-order valence-electron chi connectivity index (χ2n) is 6.11. The average molecular weight is 358 g/mol. The molecular weight excluding hydrogens is 337 g/mol. The Morgan fingerprint density at radius 1 is 1.32 bits per heavy atom. The fourth-order valence-electron chi connectivity index (χ4n) is 3.05. The molecule has 0 radical (unpaired) electrons. The number of piperidine rings is 1. The molecule has 1 aromatic carbocycles. The van der Waals surface area contributed by atoms with Gasteiger partial charge in [0.25, 0.3) is 0 Å². The number of hydrogen-bond donors (Lipinski definition) is 1. The predicted octanol–water partition coefficient (Wildman–Crippen LogP) is 2.30. The van der Waals surface area contributed by atoms with Gasteiger partial charge >= 0.3 is 6.18 Å². The Hall–Kier alpha value is -2.25. The van der Waals surface area contributed by atoms with E-state index in [4.69, 9.17) is 4.74 Å². The first-order chi connectivity index (χ1) is 11.7. The Labute approximate surface area is 144 Å². The fraction of sp³-hybridized carbons (Fsp3) is 0.529. The molecule has 2 rings (SSSR count). The maximum atomic E-state index is 13.3. The van der Waals surface area contributed by atoms with E-state index in [2.05, 4.69) is 5.32 Å². The summed E-state index contributed by atoms with van der Waals surface area (Å²) in [5.41, 5.74) is 0.576. The van der Waals surface area contributed by atoms with Crippen molar-refractivity contribution in [1.82, 2.24) is 10.2 Å². The van der Waals surface area contributed by atoms with Gasteiger partial charge in [-0.1, -0.05) is 12.1 Å². The molecule has 2 atom stereocenters. The van der Waals surface area contributed by atoms with E-state index in [0.29, 0.717) is 11.3 Å². The zero-order chi connectivity index (χ0) is 18.6. The van der Waals surface area contributed by atoms with Crippen molar-refractivity contribution >= 4 is 11.8 Å².